The summed E-state index contributed by atoms with van der Waals surface area (Å²) in [7, 11) is 1.61. The Labute approximate surface area is 128 Å². The molecule has 22 heavy (non-hydrogen) atoms. The van der Waals surface area contributed by atoms with Gasteiger partial charge in [0.1, 0.15) is 5.75 Å². The third-order valence-corrected chi connectivity index (χ3v) is 4.18. The Bertz CT molecular complexity index is 660. The van der Waals surface area contributed by atoms with Crippen LogP contribution in [-0.2, 0) is 0 Å². The largest absolute Gasteiger partial charge is 0.497 e. The van der Waals surface area contributed by atoms with Crippen LogP contribution in [0.5, 0.6) is 5.75 Å². The van der Waals surface area contributed by atoms with Gasteiger partial charge in [0.25, 0.3) is 5.91 Å². The van der Waals surface area contributed by atoms with E-state index in [1.54, 1.807) is 7.11 Å². The molecule has 1 amide bonds. The van der Waals surface area contributed by atoms with Gasteiger partial charge in [-0.05, 0) is 37.1 Å². The lowest BCUT2D eigenvalue weighted by atomic mass is 10.1. The fraction of sp³-hybridized carbons (Fsp3) is 0.375. The maximum atomic E-state index is 12.3. The molecule has 1 aromatic heterocycles. The van der Waals surface area contributed by atoms with Crippen molar-refractivity contribution >= 4 is 5.91 Å². The molecule has 1 aromatic carbocycles. The van der Waals surface area contributed by atoms with Crippen molar-refractivity contribution in [1.82, 2.24) is 15.5 Å². The van der Waals surface area contributed by atoms with Crippen molar-refractivity contribution in [1.29, 1.82) is 0 Å². The lowest BCUT2D eigenvalue weighted by Crippen LogP contribution is -2.31. The number of hydrogen-bond acceptors (Lipinski definition) is 4. The lowest BCUT2D eigenvalue weighted by molar-refractivity contribution is 0.0936. The van der Waals surface area contributed by atoms with Gasteiger partial charge >= 0.3 is 0 Å². The third kappa shape index (κ3) is 2.82. The van der Waals surface area contributed by atoms with Crippen molar-refractivity contribution in [2.75, 3.05) is 20.3 Å². The molecule has 1 heterocycles. The van der Waals surface area contributed by atoms with E-state index in [4.69, 9.17) is 4.74 Å². The molecule has 1 saturated carbocycles. The van der Waals surface area contributed by atoms with Gasteiger partial charge in [0.2, 0.25) is 0 Å². The molecule has 0 saturated heterocycles. The highest BCUT2D eigenvalue weighted by Gasteiger charge is 2.42. The van der Waals surface area contributed by atoms with Gasteiger partial charge in [-0.1, -0.05) is 0 Å². The second-order valence-corrected chi connectivity index (χ2v) is 5.73. The van der Waals surface area contributed by atoms with Crippen LogP contribution >= 0.6 is 0 Å². The van der Waals surface area contributed by atoms with E-state index in [0.29, 0.717) is 17.8 Å². The smallest absolute Gasteiger partial charge is 0.255 e. The van der Waals surface area contributed by atoms with Crippen molar-refractivity contribution in [3.05, 3.63) is 36.0 Å². The van der Waals surface area contributed by atoms with Crippen LogP contribution in [0.15, 0.2) is 30.5 Å². The minimum absolute atomic E-state index is 0.111. The molecule has 116 valence electrons. The predicted molar refractivity (Wildman–Crippen MR) is 81.7 cm³/mol. The fourth-order valence-corrected chi connectivity index (χ4v) is 2.37. The monoisotopic (exact) mass is 301 g/mol. The van der Waals surface area contributed by atoms with E-state index in [1.165, 1.54) is 6.20 Å². The molecule has 1 fully saturated rings. The maximum absolute atomic E-state index is 12.3. The molecule has 2 aromatic rings. The number of aromatic amines is 1. The van der Waals surface area contributed by atoms with Crippen LogP contribution in [0.2, 0.25) is 0 Å². The van der Waals surface area contributed by atoms with E-state index in [2.05, 4.69) is 15.5 Å². The van der Waals surface area contributed by atoms with Gasteiger partial charge in [0.05, 0.1) is 31.2 Å². The van der Waals surface area contributed by atoms with E-state index in [1.807, 2.05) is 24.3 Å². The topological polar surface area (TPSA) is 87.2 Å². The zero-order chi connectivity index (χ0) is 15.6. The summed E-state index contributed by atoms with van der Waals surface area (Å²) < 4.78 is 5.13. The maximum Gasteiger partial charge on any atom is 0.255 e. The first kappa shape index (κ1) is 14.6. The number of benzene rings is 1. The molecule has 6 nitrogen and oxygen atoms in total. The van der Waals surface area contributed by atoms with Crippen LogP contribution in [0.4, 0.5) is 0 Å². The number of methoxy groups -OCH3 is 1. The summed E-state index contributed by atoms with van der Waals surface area (Å²) in [6.45, 7) is 0.611. The molecule has 0 spiro atoms. The van der Waals surface area contributed by atoms with E-state index >= 15 is 0 Å². The molecule has 0 radical (unpaired) electrons. The van der Waals surface area contributed by atoms with Gasteiger partial charge in [-0.15, -0.1) is 0 Å². The Hall–Kier alpha value is -2.34. The molecule has 3 rings (SSSR count). The number of amides is 1. The van der Waals surface area contributed by atoms with Gasteiger partial charge in [0, 0.05) is 17.5 Å². The van der Waals surface area contributed by atoms with Crippen LogP contribution in [0.25, 0.3) is 11.3 Å². The van der Waals surface area contributed by atoms with Crippen molar-refractivity contribution < 1.29 is 14.6 Å². The number of carbonyl (C=O) groups is 1. The van der Waals surface area contributed by atoms with Crippen LogP contribution in [0.1, 0.15) is 23.2 Å². The van der Waals surface area contributed by atoms with Crippen molar-refractivity contribution in [3.8, 4) is 17.0 Å². The van der Waals surface area contributed by atoms with Crippen LogP contribution in [-0.4, -0.2) is 41.5 Å². The number of ether oxygens (including phenoxy) is 1. The first-order valence-electron chi connectivity index (χ1n) is 7.24. The summed E-state index contributed by atoms with van der Waals surface area (Å²) in [5, 5.41) is 19.0. The number of rotatable bonds is 6. The van der Waals surface area contributed by atoms with E-state index < -0.39 is 0 Å². The number of nitrogens with one attached hydrogen (secondary N) is 2. The van der Waals surface area contributed by atoms with Gasteiger partial charge in [0.15, 0.2) is 0 Å². The number of H-pyrrole nitrogens is 1. The Kier molecular flexibility index (Phi) is 3.85. The second-order valence-electron chi connectivity index (χ2n) is 5.73. The number of hydrogen-bond donors (Lipinski definition) is 3. The summed E-state index contributed by atoms with van der Waals surface area (Å²) in [5.74, 6) is 0.576. The molecule has 1 aliphatic rings. The summed E-state index contributed by atoms with van der Waals surface area (Å²) >= 11 is 0. The fourth-order valence-electron chi connectivity index (χ4n) is 2.37. The SMILES string of the molecule is COc1ccc(-c2[nH]ncc2C(=O)NCC2(CO)CC2)cc1. The molecule has 1 aliphatic carbocycles. The van der Waals surface area contributed by atoms with Crippen molar-refractivity contribution in [2.24, 2.45) is 5.41 Å². The minimum atomic E-state index is -0.181. The summed E-state index contributed by atoms with van der Waals surface area (Å²) in [6, 6.07) is 7.42. The van der Waals surface area contributed by atoms with Gasteiger partial charge in [-0.25, -0.2) is 0 Å². The molecule has 0 unspecified atom stereocenters. The molecule has 0 atom stereocenters. The second kappa shape index (κ2) is 5.81. The Morgan fingerprint density at radius 3 is 2.73 bits per heavy atom. The summed E-state index contributed by atoms with van der Waals surface area (Å²) in [4.78, 5) is 12.3. The van der Waals surface area contributed by atoms with Crippen LogP contribution in [0.3, 0.4) is 0 Å². The molecule has 0 bridgehead atoms. The average molecular weight is 301 g/mol. The number of nitrogens with zero attached hydrogens (tertiary/aromatic N) is 1. The van der Waals surface area contributed by atoms with Gasteiger partial charge < -0.3 is 15.2 Å². The quantitative estimate of drug-likeness (QED) is 0.756. The van der Waals surface area contributed by atoms with Crippen LogP contribution in [0, 0.1) is 5.41 Å². The number of aliphatic hydroxyl groups excluding tert-OH is 1. The Balaban J connectivity index is 1.74. The van der Waals surface area contributed by atoms with E-state index in [-0.39, 0.29) is 17.9 Å². The highest BCUT2D eigenvalue weighted by Crippen LogP contribution is 2.44. The summed E-state index contributed by atoms with van der Waals surface area (Å²) in [5.41, 5.74) is 1.93. The highest BCUT2D eigenvalue weighted by molar-refractivity contribution is 5.99. The molecule has 6 heteroatoms. The zero-order valence-corrected chi connectivity index (χ0v) is 12.4. The number of aliphatic hydroxyl groups is 1. The summed E-state index contributed by atoms with van der Waals surface area (Å²) in [6.07, 6.45) is 3.44. The molecule has 0 aliphatic heterocycles. The lowest BCUT2D eigenvalue weighted by Gasteiger charge is -2.12. The Morgan fingerprint density at radius 2 is 2.14 bits per heavy atom. The first-order chi connectivity index (χ1) is 10.7. The predicted octanol–water partition coefficient (Wildman–Crippen LogP) is 1.59. The normalized spacial score (nSPS) is 15.4. The minimum Gasteiger partial charge on any atom is -0.497 e. The van der Waals surface area contributed by atoms with Crippen molar-refractivity contribution in [3.63, 3.8) is 0 Å². The number of aromatic nitrogens is 2. The first-order valence-corrected chi connectivity index (χ1v) is 7.24. The average Bonchev–Trinajstić information content (AvgIpc) is 3.19. The Morgan fingerprint density at radius 1 is 1.41 bits per heavy atom. The van der Waals surface area contributed by atoms with Gasteiger partial charge in [-0.3, -0.25) is 9.89 Å². The van der Waals surface area contributed by atoms with E-state index in [0.717, 1.165) is 24.2 Å². The van der Waals surface area contributed by atoms with Crippen LogP contribution < -0.4 is 10.1 Å². The van der Waals surface area contributed by atoms with Crippen molar-refractivity contribution in [2.45, 2.75) is 12.8 Å². The molecule has 3 N–H and O–H groups in total. The zero-order valence-electron chi connectivity index (χ0n) is 12.4. The van der Waals surface area contributed by atoms with E-state index in [9.17, 15) is 9.90 Å². The highest BCUT2D eigenvalue weighted by atomic mass is 16.5. The third-order valence-electron chi connectivity index (χ3n) is 4.18. The number of carbonyl (C=O) groups excluding carboxylic acids is 1. The molecular weight excluding hydrogens is 282 g/mol. The van der Waals surface area contributed by atoms with Gasteiger partial charge in [-0.2, -0.15) is 5.10 Å². The standard InChI is InChI=1S/C16H19N3O3/c1-22-12-4-2-11(3-5-12)14-13(8-18-19-14)15(21)17-9-16(10-20)6-7-16/h2-5,8,20H,6-7,9-10H2,1H3,(H,17,21)(H,18,19). The molecular formula is C16H19N3O3.